The van der Waals surface area contributed by atoms with Crippen molar-refractivity contribution >= 4 is 46.4 Å². The molecule has 0 fully saturated rings. The highest BCUT2D eigenvalue weighted by Gasteiger charge is 2.30. The van der Waals surface area contributed by atoms with E-state index in [9.17, 15) is 24.0 Å². The molecular formula is C61H111N3O8S. The Morgan fingerprint density at radius 1 is 0.616 bits per heavy atom. The molecule has 0 unspecified atom stereocenters. The van der Waals surface area contributed by atoms with Crippen molar-refractivity contribution in [2.45, 2.75) is 284 Å². The van der Waals surface area contributed by atoms with Crippen LogP contribution in [0.3, 0.4) is 0 Å². The van der Waals surface area contributed by atoms with E-state index in [1.807, 2.05) is 26.0 Å². The van der Waals surface area contributed by atoms with E-state index in [4.69, 9.17) is 14.2 Å². The van der Waals surface area contributed by atoms with Crippen molar-refractivity contribution in [3.8, 4) is 0 Å². The van der Waals surface area contributed by atoms with E-state index in [0.29, 0.717) is 70.4 Å². The Hall–Kier alpha value is -2.99. The molecule has 1 aromatic heterocycles. The van der Waals surface area contributed by atoms with Gasteiger partial charge in [0.25, 0.3) is 0 Å². The van der Waals surface area contributed by atoms with E-state index in [0.717, 1.165) is 105 Å². The lowest BCUT2D eigenvalue weighted by Gasteiger charge is -2.27. The third kappa shape index (κ3) is 35.1. The Balaban J connectivity index is 0.000000842. The Morgan fingerprint density at radius 3 is 1.63 bits per heavy atom. The highest BCUT2D eigenvalue weighted by atomic mass is 32.1. The van der Waals surface area contributed by atoms with Crippen molar-refractivity contribution in [3.63, 3.8) is 0 Å². The van der Waals surface area contributed by atoms with Crippen molar-refractivity contribution in [2.75, 3.05) is 52.8 Å². The molecule has 12 heteroatoms. The number of unbranched alkanes of at least 4 members (excludes halogenated alkanes) is 24. The predicted octanol–water partition coefficient (Wildman–Crippen LogP) is 16.2. The number of esters is 3. The predicted molar refractivity (Wildman–Crippen MR) is 306 cm³/mol. The number of carbonyl (C=O) groups is 5. The minimum absolute atomic E-state index is 0.0208. The molecule has 1 aliphatic heterocycles. The molecule has 0 saturated heterocycles. The van der Waals surface area contributed by atoms with Crippen LogP contribution in [0.4, 0.5) is 5.00 Å². The number of nitrogens with one attached hydrogen (secondary N) is 1. The van der Waals surface area contributed by atoms with E-state index in [2.05, 4.69) is 37.9 Å². The molecule has 0 saturated carbocycles. The van der Waals surface area contributed by atoms with E-state index in [-0.39, 0.29) is 35.8 Å². The molecule has 1 N–H and O–H groups in total. The van der Waals surface area contributed by atoms with Gasteiger partial charge in [-0.25, -0.2) is 4.79 Å². The number of thiophene rings is 1. The van der Waals surface area contributed by atoms with Gasteiger partial charge in [0.15, 0.2) is 0 Å². The average Bonchev–Trinajstić information content (AvgIpc) is 3.77. The van der Waals surface area contributed by atoms with Crippen LogP contribution in [0.25, 0.3) is 0 Å². The lowest BCUT2D eigenvalue weighted by atomic mass is 9.94. The molecule has 73 heavy (non-hydrogen) atoms. The van der Waals surface area contributed by atoms with Crippen molar-refractivity contribution in [1.82, 2.24) is 9.80 Å². The Labute approximate surface area is 451 Å². The molecule has 1 amide bonds. The number of hydrogen-bond acceptors (Lipinski definition) is 11. The Kier molecular flexibility index (Phi) is 44.2. The molecule has 0 spiro atoms. The SMILES string of the molecule is CCCCCCCCC(CCCCCCCC)C(=O)OCCCCCC=O.CCCCCCCCC(CCCCCCCC)OC(=O)CCCCC(=O)N1CCc2c(sc(NC)c2C(=O)OCCCN(C)C)C1. The second kappa shape index (κ2) is 47.5. The summed E-state index contributed by atoms with van der Waals surface area (Å²) < 4.78 is 17.1. The van der Waals surface area contributed by atoms with Gasteiger partial charge in [0.2, 0.25) is 5.91 Å². The largest absolute Gasteiger partial charge is 0.465 e. The highest BCUT2D eigenvalue weighted by Crippen LogP contribution is 2.37. The Morgan fingerprint density at radius 2 is 1.11 bits per heavy atom. The van der Waals surface area contributed by atoms with Crippen LogP contribution in [0, 0.1) is 5.92 Å². The molecule has 11 nitrogen and oxygen atoms in total. The van der Waals surface area contributed by atoms with Crippen LogP contribution >= 0.6 is 11.3 Å². The number of amides is 1. The molecule has 0 atom stereocenters. The summed E-state index contributed by atoms with van der Waals surface area (Å²) in [5.41, 5.74) is 1.64. The van der Waals surface area contributed by atoms with Crippen molar-refractivity contribution < 1.29 is 38.2 Å². The van der Waals surface area contributed by atoms with Crippen LogP contribution in [0.5, 0.6) is 0 Å². The fourth-order valence-corrected chi connectivity index (χ4v) is 10.9. The van der Waals surface area contributed by atoms with Crippen molar-refractivity contribution in [3.05, 3.63) is 16.0 Å². The van der Waals surface area contributed by atoms with Crippen LogP contribution in [0.1, 0.15) is 286 Å². The fraction of sp³-hybridized carbons (Fsp3) is 0.852. The highest BCUT2D eigenvalue weighted by molar-refractivity contribution is 7.16. The number of aldehydes is 1. The Bertz CT molecular complexity index is 1500. The number of carbonyl (C=O) groups excluding carboxylic acids is 5. The van der Waals surface area contributed by atoms with E-state index in [1.165, 1.54) is 140 Å². The lowest BCUT2D eigenvalue weighted by molar-refractivity contribution is -0.150. The molecule has 0 radical (unpaired) electrons. The number of rotatable bonds is 47. The first-order chi connectivity index (χ1) is 35.6. The quantitative estimate of drug-likeness (QED) is 0.0291. The molecule has 2 heterocycles. The van der Waals surface area contributed by atoms with Crippen LogP contribution in [0.2, 0.25) is 0 Å². The van der Waals surface area contributed by atoms with E-state index in [1.54, 1.807) is 0 Å². The summed E-state index contributed by atoms with van der Waals surface area (Å²) in [6.45, 7) is 11.8. The van der Waals surface area contributed by atoms with Crippen LogP contribution in [-0.2, 0) is 46.4 Å². The van der Waals surface area contributed by atoms with Crippen LogP contribution in [-0.4, -0.2) is 93.5 Å². The maximum atomic E-state index is 13.1. The van der Waals surface area contributed by atoms with Gasteiger partial charge in [0.1, 0.15) is 17.4 Å². The number of hydrogen-bond donors (Lipinski definition) is 1. The number of ether oxygens (including phenoxy) is 3. The summed E-state index contributed by atoms with van der Waals surface area (Å²) in [5, 5.41) is 3.96. The normalized spacial score (nSPS) is 12.2. The van der Waals surface area contributed by atoms with Gasteiger partial charge in [-0.2, -0.15) is 0 Å². The number of nitrogens with zero attached hydrogens (tertiary/aromatic N) is 2. The molecule has 0 bridgehead atoms. The molecule has 1 aromatic rings. The summed E-state index contributed by atoms with van der Waals surface area (Å²) >= 11 is 1.54. The maximum Gasteiger partial charge on any atom is 0.341 e. The summed E-state index contributed by atoms with van der Waals surface area (Å²) in [7, 11) is 5.82. The van der Waals surface area contributed by atoms with Gasteiger partial charge in [-0.05, 0) is 103 Å². The van der Waals surface area contributed by atoms with Crippen molar-refractivity contribution in [1.29, 1.82) is 0 Å². The monoisotopic (exact) mass is 1050 g/mol. The molecule has 424 valence electrons. The smallest absolute Gasteiger partial charge is 0.341 e. The first kappa shape index (κ1) is 68.0. The molecule has 0 aromatic carbocycles. The third-order valence-corrected chi connectivity index (χ3v) is 15.5. The second-order valence-electron chi connectivity index (χ2n) is 21.2. The first-order valence-corrected chi connectivity index (χ1v) is 31.1. The minimum Gasteiger partial charge on any atom is -0.465 e. The zero-order valence-corrected chi connectivity index (χ0v) is 49.0. The summed E-state index contributed by atoms with van der Waals surface area (Å²) in [5.74, 6) is -0.176. The lowest BCUT2D eigenvalue weighted by Crippen LogP contribution is -2.35. The topological polar surface area (TPSA) is 132 Å². The van der Waals surface area contributed by atoms with Crippen molar-refractivity contribution in [2.24, 2.45) is 5.92 Å². The summed E-state index contributed by atoms with van der Waals surface area (Å²) in [6.07, 6.45) is 42.0. The van der Waals surface area contributed by atoms with Gasteiger partial charge in [0.05, 0.1) is 31.2 Å². The summed E-state index contributed by atoms with van der Waals surface area (Å²) in [4.78, 5) is 66.6. The van der Waals surface area contributed by atoms with Crippen LogP contribution in [0.15, 0.2) is 0 Å². The fourth-order valence-electron chi connectivity index (χ4n) is 9.66. The van der Waals surface area contributed by atoms with Gasteiger partial charge >= 0.3 is 17.9 Å². The summed E-state index contributed by atoms with van der Waals surface area (Å²) in [6, 6.07) is 0. The van der Waals surface area contributed by atoms with E-state index >= 15 is 0 Å². The van der Waals surface area contributed by atoms with Gasteiger partial charge < -0.3 is 34.1 Å². The molecular weight excluding hydrogens is 935 g/mol. The second-order valence-corrected chi connectivity index (χ2v) is 22.3. The van der Waals surface area contributed by atoms with E-state index < -0.39 is 0 Å². The van der Waals surface area contributed by atoms with Crippen LogP contribution < -0.4 is 5.32 Å². The standard InChI is InChI=1S/C37H65N3O5S.C24H46O3/c1-6-8-10-12-14-16-21-30(22-17-15-13-11-9-7-2)45-34(42)24-19-18-23-33(41)40-27-25-31-32(29-40)46-36(38-3)35(31)37(43)44-28-20-26-39(4)5;1-3-5-7-9-11-15-19-23(20-16-12-10-8-6-4-2)24(26)27-22-18-14-13-17-21-25/h30,38H,6-29H2,1-5H3;21,23H,3-20,22H2,1-2H3. The average molecular weight is 1050 g/mol. The first-order valence-electron chi connectivity index (χ1n) is 30.3. The van der Waals surface area contributed by atoms with Gasteiger partial charge in [-0.1, -0.05) is 169 Å². The zero-order valence-electron chi connectivity index (χ0n) is 48.2. The number of fused-ring (bicyclic) bond motifs is 1. The minimum atomic E-state index is -0.284. The number of anilines is 1. The van der Waals surface area contributed by atoms with Gasteiger partial charge in [-0.3, -0.25) is 14.4 Å². The van der Waals surface area contributed by atoms with Gasteiger partial charge in [0, 0.05) is 44.3 Å². The molecule has 1 aliphatic rings. The van der Waals surface area contributed by atoms with Gasteiger partial charge in [-0.15, -0.1) is 11.3 Å². The third-order valence-electron chi connectivity index (χ3n) is 14.3. The molecule has 0 aliphatic carbocycles. The zero-order chi connectivity index (χ0) is 53.6. The molecule has 2 rings (SSSR count). The maximum absolute atomic E-state index is 13.1.